The molecule has 4 N–H and O–H groups in total. The van der Waals surface area contributed by atoms with Crippen LogP contribution in [0.3, 0.4) is 0 Å². The van der Waals surface area contributed by atoms with Gasteiger partial charge in [0.05, 0.1) is 18.6 Å². The van der Waals surface area contributed by atoms with Crippen molar-refractivity contribution in [2.75, 3.05) is 26.7 Å². The van der Waals surface area contributed by atoms with E-state index in [4.69, 9.17) is 10.5 Å². The van der Waals surface area contributed by atoms with Gasteiger partial charge in [0.15, 0.2) is 0 Å². The Kier molecular flexibility index (Phi) is 13.7. The molecule has 4 rings (SSSR count). The molecule has 0 heterocycles. The summed E-state index contributed by atoms with van der Waals surface area (Å²) < 4.78 is 5.38. The molecule has 0 radical (unpaired) electrons. The van der Waals surface area contributed by atoms with Crippen LogP contribution in [0.15, 0.2) is 71.8 Å². The van der Waals surface area contributed by atoms with Gasteiger partial charge in [0, 0.05) is 37.7 Å². The zero-order valence-electron chi connectivity index (χ0n) is 29.1. The molecule has 7 heteroatoms. The van der Waals surface area contributed by atoms with Gasteiger partial charge in [0.2, 0.25) is 11.8 Å². The highest BCUT2D eigenvalue weighted by atomic mass is 16.5. The molecule has 2 aliphatic carbocycles. The molecule has 256 valence electrons. The van der Waals surface area contributed by atoms with Crippen LogP contribution in [-0.4, -0.2) is 54.7 Å². The van der Waals surface area contributed by atoms with Crippen molar-refractivity contribution in [2.24, 2.45) is 23.0 Å². The number of aliphatic hydroxyl groups is 1. The Labute approximate surface area is 282 Å². The molecule has 0 aromatic heterocycles. The van der Waals surface area contributed by atoms with Crippen LogP contribution in [0.2, 0.25) is 0 Å². The number of benzene rings is 2. The zero-order chi connectivity index (χ0) is 33.8. The largest absolute Gasteiger partial charge is 0.497 e. The van der Waals surface area contributed by atoms with Crippen molar-refractivity contribution in [2.45, 2.75) is 97.6 Å². The monoisotopic (exact) mass is 643 g/mol. The molecule has 0 spiro atoms. The fraction of sp³-hybridized carbons (Fsp3) is 0.550. The normalized spacial score (nSPS) is 19.8. The van der Waals surface area contributed by atoms with E-state index in [9.17, 15) is 14.7 Å². The summed E-state index contributed by atoms with van der Waals surface area (Å²) in [5.74, 6) is 0.360. The standard InChI is InChI=1S/C40H57N3O4/c1-5-18-43(19-6-2)38(45)34-20-29(3)25-40(26-34,39(41)46)36(37(44)28-42-27-33-16-11-17-35(23-33)47-4)24-32-15-10-14-31(22-32)21-30-12-8-7-9-13-30/h10-11,14-17,20,22-23,25,30,36-37,42,44H,5-9,12-13,18-19,21,24,26-28H2,1-4H3,(H2,41,46)/t36-,37+,40?/m1/s1. The van der Waals surface area contributed by atoms with Crippen LogP contribution in [0.25, 0.3) is 0 Å². The molecule has 0 bridgehead atoms. The first kappa shape index (κ1) is 36.4. The molecule has 1 saturated carbocycles. The summed E-state index contributed by atoms with van der Waals surface area (Å²) in [6.07, 6.45) is 12.8. The second kappa shape index (κ2) is 17.7. The van der Waals surface area contributed by atoms with Crippen molar-refractivity contribution in [3.05, 3.63) is 88.5 Å². The van der Waals surface area contributed by atoms with Crippen molar-refractivity contribution < 1.29 is 19.4 Å². The number of primary amides is 1. The second-order valence-electron chi connectivity index (χ2n) is 13.8. The highest BCUT2D eigenvalue weighted by molar-refractivity contribution is 5.97. The second-order valence-corrected chi connectivity index (χ2v) is 13.8. The lowest BCUT2D eigenvalue weighted by atomic mass is 9.63. The molecule has 2 amide bonds. The number of hydrogen-bond donors (Lipinski definition) is 3. The number of amides is 2. The van der Waals surface area contributed by atoms with Crippen molar-refractivity contribution in [1.82, 2.24) is 10.2 Å². The van der Waals surface area contributed by atoms with Gasteiger partial charge in [-0.05, 0) is 73.8 Å². The fourth-order valence-electron chi connectivity index (χ4n) is 7.73. The lowest BCUT2D eigenvalue weighted by Gasteiger charge is -2.42. The van der Waals surface area contributed by atoms with Gasteiger partial charge in [-0.25, -0.2) is 0 Å². The minimum absolute atomic E-state index is 0.0503. The maximum Gasteiger partial charge on any atom is 0.249 e. The van der Waals surface area contributed by atoms with E-state index in [1.54, 1.807) is 7.11 Å². The SMILES string of the molecule is CCCN(CCC)C(=O)C1=CC(C)=CC(C(N)=O)([C@H](Cc2cccc(CC3CCCCC3)c2)[C@@H](O)CNCc2cccc(OC)c2)C1. The van der Waals surface area contributed by atoms with Gasteiger partial charge in [-0.15, -0.1) is 0 Å². The smallest absolute Gasteiger partial charge is 0.249 e. The predicted octanol–water partition coefficient (Wildman–Crippen LogP) is 6.52. The van der Waals surface area contributed by atoms with Gasteiger partial charge in [-0.3, -0.25) is 9.59 Å². The van der Waals surface area contributed by atoms with Crippen LogP contribution < -0.4 is 15.8 Å². The number of methoxy groups -OCH3 is 1. The maximum atomic E-state index is 13.9. The summed E-state index contributed by atoms with van der Waals surface area (Å²) >= 11 is 0. The van der Waals surface area contributed by atoms with Gasteiger partial charge in [0.25, 0.3) is 0 Å². The summed E-state index contributed by atoms with van der Waals surface area (Å²) in [6.45, 7) is 8.16. The molecule has 2 aliphatic rings. The number of allylic oxidation sites excluding steroid dienone is 2. The van der Waals surface area contributed by atoms with Gasteiger partial charge in [-0.2, -0.15) is 0 Å². The third kappa shape index (κ3) is 9.80. The molecule has 2 aromatic carbocycles. The number of nitrogens with one attached hydrogen (secondary N) is 1. The Morgan fingerprint density at radius 3 is 2.38 bits per heavy atom. The number of ether oxygens (including phenoxy) is 1. The van der Waals surface area contributed by atoms with Crippen molar-refractivity contribution in [3.63, 3.8) is 0 Å². The Morgan fingerprint density at radius 2 is 1.70 bits per heavy atom. The highest BCUT2D eigenvalue weighted by Crippen LogP contribution is 2.44. The quantitative estimate of drug-likeness (QED) is 0.182. The predicted molar refractivity (Wildman–Crippen MR) is 190 cm³/mol. The lowest BCUT2D eigenvalue weighted by molar-refractivity contribution is -0.132. The maximum absolute atomic E-state index is 13.9. The van der Waals surface area contributed by atoms with E-state index in [2.05, 4.69) is 43.4 Å². The van der Waals surface area contributed by atoms with Crippen LogP contribution in [-0.2, 0) is 29.0 Å². The molecule has 2 aromatic rings. The van der Waals surface area contributed by atoms with Gasteiger partial charge < -0.3 is 25.8 Å². The summed E-state index contributed by atoms with van der Waals surface area (Å²) in [5, 5.41) is 15.4. The zero-order valence-corrected chi connectivity index (χ0v) is 29.1. The molecule has 0 aliphatic heterocycles. The van der Waals surface area contributed by atoms with Crippen molar-refractivity contribution in [3.8, 4) is 5.75 Å². The van der Waals surface area contributed by atoms with E-state index >= 15 is 0 Å². The Bertz CT molecular complexity index is 1390. The molecule has 1 fully saturated rings. The minimum Gasteiger partial charge on any atom is -0.497 e. The number of carbonyl (C=O) groups excluding carboxylic acids is 2. The van der Waals surface area contributed by atoms with E-state index in [0.29, 0.717) is 37.5 Å². The first-order chi connectivity index (χ1) is 22.7. The molecular weight excluding hydrogens is 586 g/mol. The van der Waals surface area contributed by atoms with Crippen LogP contribution in [0, 0.1) is 17.3 Å². The summed E-state index contributed by atoms with van der Waals surface area (Å²) in [5.41, 5.74) is 9.91. The number of hydrogen-bond acceptors (Lipinski definition) is 5. The van der Waals surface area contributed by atoms with Gasteiger partial charge in [0.1, 0.15) is 5.75 Å². The number of carbonyl (C=O) groups is 2. The molecular formula is C40H57N3O4. The lowest BCUT2D eigenvalue weighted by Crippen LogP contribution is -2.51. The van der Waals surface area contributed by atoms with Crippen LogP contribution >= 0.6 is 0 Å². The number of rotatable bonds is 17. The first-order valence-corrected chi connectivity index (χ1v) is 17.8. The third-order valence-electron chi connectivity index (χ3n) is 10.0. The van der Waals surface area contributed by atoms with Crippen LogP contribution in [0.4, 0.5) is 0 Å². The summed E-state index contributed by atoms with van der Waals surface area (Å²) in [7, 11) is 1.64. The van der Waals surface area contributed by atoms with E-state index in [1.807, 2.05) is 48.2 Å². The van der Waals surface area contributed by atoms with Crippen LogP contribution in [0.5, 0.6) is 5.75 Å². The van der Waals surface area contributed by atoms with Gasteiger partial charge >= 0.3 is 0 Å². The minimum atomic E-state index is -1.23. The number of nitrogens with zero attached hydrogens (tertiary/aromatic N) is 1. The summed E-state index contributed by atoms with van der Waals surface area (Å²) in [6, 6.07) is 16.5. The topological polar surface area (TPSA) is 105 Å². The van der Waals surface area contributed by atoms with E-state index in [-0.39, 0.29) is 18.9 Å². The molecule has 47 heavy (non-hydrogen) atoms. The summed E-state index contributed by atoms with van der Waals surface area (Å²) in [4.78, 5) is 29.5. The van der Waals surface area contributed by atoms with E-state index in [0.717, 1.165) is 41.7 Å². The molecule has 3 atom stereocenters. The average Bonchev–Trinajstić information content (AvgIpc) is 3.07. The molecule has 7 nitrogen and oxygen atoms in total. The van der Waals surface area contributed by atoms with Gasteiger partial charge in [-0.1, -0.05) is 100 Å². The Balaban J connectivity index is 1.64. The average molecular weight is 644 g/mol. The van der Waals surface area contributed by atoms with Crippen molar-refractivity contribution >= 4 is 11.8 Å². The van der Waals surface area contributed by atoms with E-state index < -0.39 is 23.3 Å². The molecule has 0 saturated heterocycles. The fourth-order valence-corrected chi connectivity index (χ4v) is 7.73. The Hall–Kier alpha value is -3.42. The Morgan fingerprint density at radius 1 is 1.02 bits per heavy atom. The van der Waals surface area contributed by atoms with E-state index in [1.165, 1.54) is 37.7 Å². The first-order valence-electron chi connectivity index (χ1n) is 17.8. The number of nitrogens with two attached hydrogens (primary N) is 1. The number of aliphatic hydroxyl groups excluding tert-OH is 1. The third-order valence-corrected chi connectivity index (χ3v) is 10.0. The van der Waals surface area contributed by atoms with Crippen LogP contribution in [0.1, 0.15) is 88.8 Å². The van der Waals surface area contributed by atoms with Crippen molar-refractivity contribution in [1.29, 1.82) is 0 Å². The molecule has 1 unspecified atom stereocenters. The highest BCUT2D eigenvalue weighted by Gasteiger charge is 2.48.